The number of nitrogens with zero attached hydrogens (tertiary/aromatic N) is 3. The van der Waals surface area contributed by atoms with Crippen molar-refractivity contribution in [3.63, 3.8) is 0 Å². The summed E-state index contributed by atoms with van der Waals surface area (Å²) in [5, 5.41) is 10.3. The number of rotatable bonds is 2. The van der Waals surface area contributed by atoms with Gasteiger partial charge in [-0.15, -0.1) is 0 Å². The normalized spacial score (nSPS) is 12.4. The molecular weight excluding hydrogens is 546 g/mol. The van der Waals surface area contributed by atoms with Crippen LogP contribution in [0.25, 0.3) is 93.1 Å². The summed E-state index contributed by atoms with van der Waals surface area (Å²) < 4.78 is 7.31. The van der Waals surface area contributed by atoms with E-state index >= 15 is 0 Å². The van der Waals surface area contributed by atoms with Gasteiger partial charge < -0.3 is 13.5 Å². The van der Waals surface area contributed by atoms with Gasteiger partial charge in [0.2, 0.25) is 0 Å². The second-order valence-corrected chi connectivity index (χ2v) is 12.2. The fourth-order valence-corrected chi connectivity index (χ4v) is 8.14. The van der Waals surface area contributed by atoms with E-state index in [1.807, 2.05) is 0 Å². The molecule has 0 N–H and O–H groups in total. The first kappa shape index (κ1) is 23.4. The highest BCUT2D eigenvalue weighted by atomic mass is 15.0. The molecule has 0 saturated carbocycles. The Hall–Kier alpha value is -6.06. The monoisotopic (exact) mass is 571 g/mol. The SMILES string of the molecule is c1ccc2c(c1)c1ccccc1n2-c1ccc2c3ccccc3n(-c3ccc4c(c3)c3cccc5c6ccccc6n4c53)c2c1. The van der Waals surface area contributed by atoms with Crippen LogP contribution in [0.15, 0.2) is 152 Å². The van der Waals surface area contributed by atoms with Crippen LogP contribution in [-0.2, 0) is 0 Å². The van der Waals surface area contributed by atoms with Crippen molar-refractivity contribution in [2.24, 2.45) is 0 Å². The Kier molecular flexibility index (Phi) is 4.32. The lowest BCUT2D eigenvalue weighted by atomic mass is 10.1. The van der Waals surface area contributed by atoms with Crippen LogP contribution in [0.1, 0.15) is 0 Å². The van der Waals surface area contributed by atoms with E-state index in [2.05, 4.69) is 165 Å². The Balaban J connectivity index is 1.23. The fraction of sp³-hybridized carbons (Fsp3) is 0. The molecule has 4 heterocycles. The van der Waals surface area contributed by atoms with Gasteiger partial charge in [-0.1, -0.05) is 97.1 Å². The topological polar surface area (TPSA) is 14.3 Å². The van der Waals surface area contributed by atoms with Crippen LogP contribution in [0.4, 0.5) is 0 Å². The Morgan fingerprint density at radius 3 is 1.33 bits per heavy atom. The Labute approximate surface area is 257 Å². The third-order valence-electron chi connectivity index (χ3n) is 9.96. The standard InChI is InChI=1S/C42H25N3/c1-5-16-36-28(10-1)29-11-2-6-17-37(29)43(36)27-20-22-32-30-12-3-7-18-38(30)44(41(32)25-27)26-21-23-40-35(24-26)34-15-9-14-33-31-13-4-8-19-39(31)45(40)42(33)34/h1-25H. The average molecular weight is 572 g/mol. The highest BCUT2D eigenvalue weighted by Crippen LogP contribution is 2.41. The largest absolute Gasteiger partial charge is 0.309 e. The summed E-state index contributed by atoms with van der Waals surface area (Å²) in [7, 11) is 0. The van der Waals surface area contributed by atoms with Crippen molar-refractivity contribution in [3.8, 4) is 11.4 Å². The molecule has 0 aliphatic carbocycles. The maximum atomic E-state index is 2.45. The molecule has 0 aliphatic heterocycles. The van der Waals surface area contributed by atoms with E-state index in [0.717, 1.165) is 5.69 Å². The summed E-state index contributed by atoms with van der Waals surface area (Å²) in [6.45, 7) is 0. The van der Waals surface area contributed by atoms with Gasteiger partial charge in [0.05, 0.1) is 38.6 Å². The maximum absolute atomic E-state index is 2.45. The zero-order valence-corrected chi connectivity index (χ0v) is 24.3. The number of fused-ring (bicyclic) bond motifs is 12. The molecule has 0 saturated heterocycles. The maximum Gasteiger partial charge on any atom is 0.0620 e. The summed E-state index contributed by atoms with van der Waals surface area (Å²) in [4.78, 5) is 0. The minimum atomic E-state index is 1.16. The second kappa shape index (κ2) is 8.31. The predicted octanol–water partition coefficient (Wildman–Crippen LogP) is 11.0. The molecule has 0 bridgehead atoms. The van der Waals surface area contributed by atoms with E-state index in [4.69, 9.17) is 0 Å². The second-order valence-electron chi connectivity index (χ2n) is 12.2. The molecule has 7 aromatic carbocycles. The summed E-state index contributed by atoms with van der Waals surface area (Å²) in [6.07, 6.45) is 0. The van der Waals surface area contributed by atoms with Crippen LogP contribution in [-0.4, -0.2) is 13.5 Å². The molecule has 4 aromatic heterocycles. The Morgan fingerprint density at radius 2 is 0.689 bits per heavy atom. The van der Waals surface area contributed by atoms with Crippen molar-refractivity contribution in [1.29, 1.82) is 0 Å². The van der Waals surface area contributed by atoms with Gasteiger partial charge in [0.1, 0.15) is 0 Å². The lowest BCUT2D eigenvalue weighted by Crippen LogP contribution is -1.97. The number of aromatic nitrogens is 3. The zero-order chi connectivity index (χ0) is 29.2. The fourth-order valence-electron chi connectivity index (χ4n) is 8.14. The summed E-state index contributed by atoms with van der Waals surface area (Å²) >= 11 is 0. The lowest BCUT2D eigenvalue weighted by molar-refractivity contribution is 1.16. The van der Waals surface area contributed by atoms with Gasteiger partial charge in [-0.25, -0.2) is 0 Å². The van der Waals surface area contributed by atoms with Crippen LogP contribution in [0, 0.1) is 0 Å². The summed E-state index contributed by atoms with van der Waals surface area (Å²) in [5.41, 5.74) is 11.0. The van der Waals surface area contributed by atoms with Crippen molar-refractivity contribution < 1.29 is 0 Å². The molecule has 0 spiro atoms. The molecular formula is C42H25N3. The molecule has 45 heavy (non-hydrogen) atoms. The molecule has 11 rings (SSSR count). The number of hydrogen-bond donors (Lipinski definition) is 0. The van der Waals surface area contributed by atoms with E-state index in [1.54, 1.807) is 0 Å². The van der Waals surface area contributed by atoms with Crippen LogP contribution in [0.5, 0.6) is 0 Å². The zero-order valence-electron chi connectivity index (χ0n) is 24.3. The van der Waals surface area contributed by atoms with E-state index in [9.17, 15) is 0 Å². The molecule has 0 unspecified atom stereocenters. The van der Waals surface area contributed by atoms with Crippen LogP contribution in [0.2, 0.25) is 0 Å². The van der Waals surface area contributed by atoms with Crippen LogP contribution < -0.4 is 0 Å². The van der Waals surface area contributed by atoms with Gasteiger partial charge in [0, 0.05) is 54.5 Å². The van der Waals surface area contributed by atoms with Crippen molar-refractivity contribution in [2.45, 2.75) is 0 Å². The molecule has 208 valence electrons. The van der Waals surface area contributed by atoms with E-state index in [1.165, 1.54) is 87.4 Å². The van der Waals surface area contributed by atoms with Crippen LogP contribution >= 0.6 is 0 Å². The van der Waals surface area contributed by atoms with Crippen molar-refractivity contribution >= 4 is 81.7 Å². The van der Waals surface area contributed by atoms with Gasteiger partial charge in [0.15, 0.2) is 0 Å². The molecule has 0 amide bonds. The first-order valence-corrected chi connectivity index (χ1v) is 15.5. The third kappa shape index (κ3) is 2.90. The smallest absolute Gasteiger partial charge is 0.0620 e. The minimum absolute atomic E-state index is 1.16. The molecule has 0 radical (unpaired) electrons. The van der Waals surface area contributed by atoms with Gasteiger partial charge >= 0.3 is 0 Å². The highest BCUT2D eigenvalue weighted by Gasteiger charge is 2.20. The van der Waals surface area contributed by atoms with Crippen molar-refractivity contribution in [3.05, 3.63) is 152 Å². The molecule has 0 fully saturated rings. The summed E-state index contributed by atoms with van der Waals surface area (Å²) in [6, 6.07) is 55.7. The first-order valence-electron chi connectivity index (χ1n) is 15.5. The van der Waals surface area contributed by atoms with Gasteiger partial charge in [-0.3, -0.25) is 0 Å². The first-order chi connectivity index (χ1) is 22.3. The molecule has 0 atom stereocenters. The predicted molar refractivity (Wildman–Crippen MR) is 190 cm³/mol. The number of para-hydroxylation sites is 5. The Bertz CT molecular complexity index is 2930. The Morgan fingerprint density at radius 1 is 0.267 bits per heavy atom. The highest BCUT2D eigenvalue weighted by molar-refractivity contribution is 6.23. The van der Waals surface area contributed by atoms with Crippen molar-refractivity contribution in [2.75, 3.05) is 0 Å². The summed E-state index contributed by atoms with van der Waals surface area (Å²) in [5.74, 6) is 0. The third-order valence-corrected chi connectivity index (χ3v) is 9.96. The van der Waals surface area contributed by atoms with Crippen LogP contribution in [0.3, 0.4) is 0 Å². The average Bonchev–Trinajstić information content (AvgIpc) is 3.82. The molecule has 3 nitrogen and oxygen atoms in total. The van der Waals surface area contributed by atoms with E-state index < -0.39 is 0 Å². The van der Waals surface area contributed by atoms with Gasteiger partial charge in [-0.05, 0) is 54.6 Å². The molecule has 3 heteroatoms. The lowest BCUT2D eigenvalue weighted by Gasteiger charge is -2.12. The molecule has 0 aliphatic rings. The minimum Gasteiger partial charge on any atom is -0.309 e. The van der Waals surface area contributed by atoms with E-state index in [-0.39, 0.29) is 0 Å². The quantitative estimate of drug-likeness (QED) is 0.196. The van der Waals surface area contributed by atoms with E-state index in [0.29, 0.717) is 0 Å². The number of hydrogen-bond acceptors (Lipinski definition) is 0. The molecule has 11 aromatic rings. The van der Waals surface area contributed by atoms with Gasteiger partial charge in [0.25, 0.3) is 0 Å². The van der Waals surface area contributed by atoms with Gasteiger partial charge in [-0.2, -0.15) is 0 Å². The van der Waals surface area contributed by atoms with Crippen molar-refractivity contribution in [1.82, 2.24) is 13.5 Å². The number of benzene rings is 7.